The van der Waals surface area contributed by atoms with E-state index in [0.29, 0.717) is 24.0 Å². The Labute approximate surface area is 227 Å². The molecule has 0 radical (unpaired) electrons. The van der Waals surface area contributed by atoms with Gasteiger partial charge in [-0.25, -0.2) is 0 Å². The molecular formula is C30H41ClN2O2S. The first-order valence-corrected chi connectivity index (χ1v) is 14.2. The Morgan fingerprint density at radius 2 is 2.11 bits per heavy atom. The molecule has 1 aliphatic rings. The highest BCUT2D eigenvalue weighted by Gasteiger charge is 2.32. The largest absolute Gasteiger partial charge is 0.491 e. The molecule has 1 heterocycles. The van der Waals surface area contributed by atoms with Crippen LogP contribution in [0.5, 0.6) is 5.75 Å². The van der Waals surface area contributed by atoms with E-state index in [1.807, 2.05) is 30.3 Å². The molecule has 0 fully saturated rings. The van der Waals surface area contributed by atoms with E-state index in [0.717, 1.165) is 73.0 Å². The number of fused-ring (bicyclic) bond motifs is 1. The molecule has 3 rings (SSSR count). The number of ether oxygens (including phenoxy) is 1. The molecule has 6 heteroatoms. The average Bonchev–Trinajstić information content (AvgIpc) is 3.00. The number of amides is 1. The summed E-state index contributed by atoms with van der Waals surface area (Å²) in [6.45, 7) is 9.03. The molecule has 0 saturated carbocycles. The summed E-state index contributed by atoms with van der Waals surface area (Å²) in [5.41, 5.74) is 9.79. The minimum absolute atomic E-state index is 0.109. The van der Waals surface area contributed by atoms with Crippen LogP contribution in [0.4, 0.5) is 5.69 Å². The molecule has 1 aliphatic heterocycles. The van der Waals surface area contributed by atoms with Gasteiger partial charge in [-0.15, -0.1) is 0 Å². The third-order valence-corrected chi connectivity index (χ3v) is 8.00. The number of carbonyl (C=O) groups is 1. The Bertz CT molecular complexity index is 1040. The van der Waals surface area contributed by atoms with Gasteiger partial charge in [0.25, 0.3) is 0 Å². The number of nitrogens with two attached hydrogens (primary N) is 1. The Balaban J connectivity index is 1.85. The van der Waals surface area contributed by atoms with E-state index in [-0.39, 0.29) is 11.8 Å². The first kappa shape index (κ1) is 28.5. The number of benzene rings is 2. The first-order chi connectivity index (χ1) is 17.3. The van der Waals surface area contributed by atoms with Crippen LogP contribution in [0.1, 0.15) is 73.9 Å². The molecule has 2 aromatic rings. The van der Waals surface area contributed by atoms with E-state index in [2.05, 4.69) is 56.5 Å². The maximum atomic E-state index is 12.5. The van der Waals surface area contributed by atoms with Gasteiger partial charge < -0.3 is 15.4 Å². The molecule has 0 aliphatic carbocycles. The summed E-state index contributed by atoms with van der Waals surface area (Å²) < 4.78 is 6.38. The van der Waals surface area contributed by atoms with Crippen molar-refractivity contribution in [2.45, 2.75) is 58.8 Å². The lowest BCUT2D eigenvalue weighted by molar-refractivity contribution is 0.0999. The van der Waals surface area contributed by atoms with Crippen LogP contribution in [0.3, 0.4) is 0 Å². The highest BCUT2D eigenvalue weighted by atomic mass is 35.5. The van der Waals surface area contributed by atoms with Gasteiger partial charge in [-0.05, 0) is 92.0 Å². The lowest BCUT2D eigenvalue weighted by atomic mass is 9.82. The SMILES string of the molecule is CCN1CC[C@@H](C)[C@H](/C=C/C[C@H](C)CS)c2c(C(N)=O)ccc(OCCCCc3cccc(Cl)c3)c21. The number of nitrogens with zero attached hydrogens (tertiary/aromatic N) is 1. The van der Waals surface area contributed by atoms with Crippen molar-refractivity contribution in [1.82, 2.24) is 0 Å². The van der Waals surface area contributed by atoms with E-state index >= 15 is 0 Å². The summed E-state index contributed by atoms with van der Waals surface area (Å²) in [5.74, 6) is 2.32. The predicted octanol–water partition coefficient (Wildman–Crippen LogP) is 7.30. The van der Waals surface area contributed by atoms with Crippen LogP contribution >= 0.6 is 24.2 Å². The van der Waals surface area contributed by atoms with Crippen molar-refractivity contribution in [2.24, 2.45) is 17.6 Å². The molecule has 2 aromatic carbocycles. The van der Waals surface area contributed by atoms with E-state index in [1.54, 1.807) is 0 Å². The normalized spacial score (nSPS) is 18.6. The Morgan fingerprint density at radius 3 is 2.81 bits per heavy atom. The number of thiol groups is 1. The average molecular weight is 529 g/mol. The van der Waals surface area contributed by atoms with Crippen LogP contribution < -0.4 is 15.4 Å². The molecule has 0 spiro atoms. The van der Waals surface area contributed by atoms with Crippen molar-refractivity contribution >= 4 is 35.8 Å². The number of primary amides is 1. The molecule has 36 heavy (non-hydrogen) atoms. The predicted molar refractivity (Wildman–Crippen MR) is 156 cm³/mol. The third-order valence-electron chi connectivity index (χ3n) is 7.14. The first-order valence-electron chi connectivity index (χ1n) is 13.2. The van der Waals surface area contributed by atoms with Gasteiger partial charge >= 0.3 is 0 Å². The van der Waals surface area contributed by atoms with Crippen molar-refractivity contribution < 1.29 is 9.53 Å². The van der Waals surface area contributed by atoms with Crippen molar-refractivity contribution in [3.05, 3.63) is 70.3 Å². The van der Waals surface area contributed by atoms with Gasteiger partial charge in [0.2, 0.25) is 5.91 Å². The monoisotopic (exact) mass is 528 g/mol. The molecule has 4 nitrogen and oxygen atoms in total. The number of hydrogen-bond acceptors (Lipinski definition) is 4. The Kier molecular flexibility index (Phi) is 11.1. The smallest absolute Gasteiger partial charge is 0.249 e. The van der Waals surface area contributed by atoms with E-state index < -0.39 is 0 Å². The summed E-state index contributed by atoms with van der Waals surface area (Å²) in [6, 6.07) is 11.8. The summed E-state index contributed by atoms with van der Waals surface area (Å²) in [7, 11) is 0. The van der Waals surface area contributed by atoms with Crippen LogP contribution in [0.15, 0.2) is 48.6 Å². The maximum absolute atomic E-state index is 12.5. The topological polar surface area (TPSA) is 55.6 Å². The second-order valence-corrected chi connectivity index (χ2v) is 10.8. The van der Waals surface area contributed by atoms with Gasteiger partial charge in [0.15, 0.2) is 0 Å². The second kappa shape index (κ2) is 14.0. The molecule has 1 amide bonds. The van der Waals surface area contributed by atoms with Gasteiger partial charge in [0, 0.05) is 29.6 Å². The summed E-state index contributed by atoms with van der Waals surface area (Å²) >= 11 is 10.5. The number of aryl methyl sites for hydroxylation is 1. The quantitative estimate of drug-likeness (QED) is 0.172. The number of unbranched alkanes of at least 4 members (excludes halogenated alkanes) is 1. The van der Waals surface area contributed by atoms with Crippen LogP contribution in [0, 0.1) is 11.8 Å². The maximum Gasteiger partial charge on any atom is 0.249 e. The Morgan fingerprint density at radius 1 is 1.31 bits per heavy atom. The fraction of sp³-hybridized carbons (Fsp3) is 0.500. The van der Waals surface area contributed by atoms with Crippen molar-refractivity contribution in [3.8, 4) is 5.75 Å². The molecule has 0 unspecified atom stereocenters. The van der Waals surface area contributed by atoms with E-state index in [1.165, 1.54) is 5.56 Å². The summed E-state index contributed by atoms with van der Waals surface area (Å²) in [5, 5.41) is 0.776. The van der Waals surface area contributed by atoms with Gasteiger partial charge in [-0.1, -0.05) is 49.7 Å². The molecule has 0 aromatic heterocycles. The lowest BCUT2D eigenvalue weighted by Gasteiger charge is -2.28. The fourth-order valence-corrected chi connectivity index (χ4v) is 5.32. The summed E-state index contributed by atoms with van der Waals surface area (Å²) in [4.78, 5) is 14.9. The molecule has 196 valence electrons. The lowest BCUT2D eigenvalue weighted by Crippen LogP contribution is -2.26. The fourth-order valence-electron chi connectivity index (χ4n) is 4.96. The number of allylic oxidation sites excluding steroid dienone is 2. The van der Waals surface area contributed by atoms with Crippen LogP contribution in [-0.2, 0) is 6.42 Å². The Hall–Kier alpha value is -2.11. The van der Waals surface area contributed by atoms with Crippen LogP contribution in [-0.4, -0.2) is 31.4 Å². The molecule has 0 bridgehead atoms. The summed E-state index contributed by atoms with van der Waals surface area (Å²) in [6.07, 6.45) is 9.47. The minimum Gasteiger partial charge on any atom is -0.491 e. The van der Waals surface area contributed by atoms with Gasteiger partial charge in [0.05, 0.1) is 12.3 Å². The zero-order chi connectivity index (χ0) is 26.1. The van der Waals surface area contributed by atoms with Gasteiger partial charge in [0.1, 0.15) is 5.75 Å². The second-order valence-electron chi connectivity index (χ2n) is 10.00. The van der Waals surface area contributed by atoms with Crippen LogP contribution in [0.25, 0.3) is 0 Å². The molecule has 0 saturated heterocycles. The molecule has 2 N–H and O–H groups in total. The zero-order valence-electron chi connectivity index (χ0n) is 21.9. The minimum atomic E-state index is -0.383. The number of hydrogen-bond donors (Lipinski definition) is 2. The number of carbonyl (C=O) groups excluding carboxylic acids is 1. The molecular weight excluding hydrogens is 488 g/mol. The van der Waals surface area contributed by atoms with Crippen LogP contribution in [0.2, 0.25) is 5.02 Å². The van der Waals surface area contributed by atoms with Crippen molar-refractivity contribution in [2.75, 3.05) is 30.3 Å². The number of rotatable bonds is 12. The highest BCUT2D eigenvalue weighted by Crippen LogP contribution is 2.45. The molecule has 3 atom stereocenters. The number of anilines is 1. The number of halogens is 1. The standard InChI is InChI=1S/C30H41ClN2O2S/c1-4-33-17-16-22(3)25(13-7-9-21(2)20-36)28-26(30(32)34)14-15-27(29(28)33)35-18-6-5-10-23-11-8-12-24(31)19-23/h7-8,11-15,19,21-22,25,36H,4-6,9-10,16-18,20H2,1-3H3,(H2,32,34)/b13-7+/t21-,22+,25-/m0/s1. The van der Waals surface area contributed by atoms with E-state index in [9.17, 15) is 4.79 Å². The van der Waals surface area contributed by atoms with Crippen molar-refractivity contribution in [1.29, 1.82) is 0 Å². The van der Waals surface area contributed by atoms with E-state index in [4.69, 9.17) is 22.1 Å². The zero-order valence-corrected chi connectivity index (χ0v) is 23.5. The van der Waals surface area contributed by atoms with Gasteiger partial charge in [-0.3, -0.25) is 4.79 Å². The third kappa shape index (κ3) is 7.45. The van der Waals surface area contributed by atoms with Crippen molar-refractivity contribution in [3.63, 3.8) is 0 Å². The van der Waals surface area contributed by atoms with Gasteiger partial charge in [-0.2, -0.15) is 12.6 Å². The highest BCUT2D eigenvalue weighted by molar-refractivity contribution is 7.80.